The highest BCUT2D eigenvalue weighted by molar-refractivity contribution is 7.98. The first-order valence-corrected chi connectivity index (χ1v) is 4.00. The van der Waals surface area contributed by atoms with Crippen LogP contribution in [0.4, 0.5) is 0 Å². The summed E-state index contributed by atoms with van der Waals surface area (Å²) >= 11 is 1.13. The maximum atomic E-state index is 9.32. The molecular formula is C8H6O2S. The summed E-state index contributed by atoms with van der Waals surface area (Å²) in [6, 6.07) is 7.38. The van der Waals surface area contributed by atoms with E-state index in [2.05, 4.69) is 0 Å². The van der Waals surface area contributed by atoms with Crippen LogP contribution >= 0.6 is 12.0 Å². The lowest BCUT2D eigenvalue weighted by Crippen LogP contribution is -1.93. The molecule has 1 aromatic rings. The van der Waals surface area contributed by atoms with Gasteiger partial charge in [0, 0.05) is 0 Å². The molecule has 0 fully saturated rings. The SMILES string of the molecule is OC1=CSOc2ccccc21. The number of rotatable bonds is 0. The third-order valence-electron chi connectivity index (χ3n) is 1.46. The van der Waals surface area contributed by atoms with Gasteiger partial charge in [-0.25, -0.2) is 0 Å². The summed E-state index contributed by atoms with van der Waals surface area (Å²) in [5, 5.41) is 10.9. The highest BCUT2D eigenvalue weighted by Crippen LogP contribution is 2.33. The molecule has 0 atom stereocenters. The van der Waals surface area contributed by atoms with Crippen molar-refractivity contribution in [2.45, 2.75) is 0 Å². The molecule has 0 aromatic heterocycles. The average molecular weight is 166 g/mol. The van der Waals surface area contributed by atoms with Crippen molar-refractivity contribution in [3.05, 3.63) is 35.2 Å². The minimum atomic E-state index is 0.275. The molecule has 0 amide bonds. The van der Waals surface area contributed by atoms with Crippen molar-refractivity contribution >= 4 is 17.8 Å². The van der Waals surface area contributed by atoms with Crippen LogP contribution in [0.1, 0.15) is 5.56 Å². The van der Waals surface area contributed by atoms with Crippen LogP contribution < -0.4 is 4.18 Å². The Hall–Kier alpha value is -1.09. The normalized spacial score (nSPS) is 14.7. The first-order chi connectivity index (χ1) is 5.38. The summed E-state index contributed by atoms with van der Waals surface area (Å²) in [5.41, 5.74) is 0.756. The van der Waals surface area contributed by atoms with Gasteiger partial charge in [0.05, 0.1) is 23.0 Å². The van der Waals surface area contributed by atoms with Gasteiger partial charge in [-0.15, -0.1) is 0 Å². The standard InChI is InChI=1S/C8H6O2S/c9-7-5-11-10-8-4-2-1-3-6(7)8/h1-5,9H. The monoisotopic (exact) mass is 166 g/mol. The third kappa shape index (κ3) is 1.07. The van der Waals surface area contributed by atoms with Crippen molar-refractivity contribution in [2.75, 3.05) is 0 Å². The number of para-hydroxylation sites is 1. The molecule has 0 unspecified atom stereocenters. The van der Waals surface area contributed by atoms with Gasteiger partial charge in [-0.3, -0.25) is 0 Å². The lowest BCUT2D eigenvalue weighted by atomic mass is 10.2. The molecule has 1 aliphatic heterocycles. The Morgan fingerprint density at radius 3 is 2.91 bits per heavy atom. The van der Waals surface area contributed by atoms with Gasteiger partial charge in [0.15, 0.2) is 0 Å². The van der Waals surface area contributed by atoms with Crippen LogP contribution in [0.5, 0.6) is 5.75 Å². The highest BCUT2D eigenvalue weighted by Gasteiger charge is 2.11. The number of aliphatic hydroxyl groups is 1. The van der Waals surface area contributed by atoms with E-state index in [-0.39, 0.29) is 5.76 Å². The van der Waals surface area contributed by atoms with E-state index in [1.807, 2.05) is 24.3 Å². The molecule has 0 bridgehead atoms. The predicted octanol–water partition coefficient (Wildman–Crippen LogP) is 2.58. The molecule has 0 radical (unpaired) electrons. The minimum absolute atomic E-state index is 0.275. The molecule has 0 saturated heterocycles. The van der Waals surface area contributed by atoms with Crippen LogP contribution in [0.25, 0.3) is 5.76 Å². The van der Waals surface area contributed by atoms with E-state index >= 15 is 0 Å². The highest BCUT2D eigenvalue weighted by atomic mass is 32.2. The van der Waals surface area contributed by atoms with Gasteiger partial charge in [-0.1, -0.05) is 12.1 Å². The number of aliphatic hydroxyl groups excluding tert-OH is 1. The fourth-order valence-electron chi connectivity index (χ4n) is 0.936. The molecule has 1 aliphatic rings. The second kappa shape index (κ2) is 2.51. The summed E-state index contributed by atoms with van der Waals surface area (Å²) in [4.78, 5) is 0. The maximum Gasteiger partial charge on any atom is 0.148 e. The molecule has 0 aliphatic carbocycles. The minimum Gasteiger partial charge on any atom is -0.507 e. The van der Waals surface area contributed by atoms with Gasteiger partial charge in [-0.05, 0) is 12.1 Å². The molecule has 0 saturated carbocycles. The summed E-state index contributed by atoms with van der Waals surface area (Å²) in [6.07, 6.45) is 0. The average Bonchev–Trinajstić information content (AvgIpc) is 2.06. The fraction of sp³-hybridized carbons (Fsp3) is 0. The molecule has 2 nitrogen and oxygen atoms in total. The van der Waals surface area contributed by atoms with E-state index in [0.717, 1.165) is 23.4 Å². The summed E-state index contributed by atoms with van der Waals surface area (Å²) in [5.74, 6) is 0.995. The summed E-state index contributed by atoms with van der Waals surface area (Å²) in [7, 11) is 0. The van der Waals surface area contributed by atoms with Gasteiger partial charge in [0.2, 0.25) is 0 Å². The zero-order valence-electron chi connectivity index (χ0n) is 5.65. The molecule has 11 heavy (non-hydrogen) atoms. The zero-order valence-corrected chi connectivity index (χ0v) is 6.47. The van der Waals surface area contributed by atoms with Crippen LogP contribution in [-0.4, -0.2) is 5.11 Å². The van der Waals surface area contributed by atoms with Gasteiger partial charge in [0.25, 0.3) is 0 Å². The van der Waals surface area contributed by atoms with Crippen LogP contribution in [0.2, 0.25) is 0 Å². The molecule has 2 rings (SSSR count). The topological polar surface area (TPSA) is 29.5 Å². The molecule has 1 heterocycles. The Balaban J connectivity index is 2.56. The molecule has 1 aromatic carbocycles. The van der Waals surface area contributed by atoms with Crippen LogP contribution in [0, 0.1) is 0 Å². The third-order valence-corrected chi connectivity index (χ3v) is 2.06. The van der Waals surface area contributed by atoms with Crippen LogP contribution in [-0.2, 0) is 0 Å². The molecule has 56 valence electrons. The fourth-order valence-corrected chi connectivity index (χ4v) is 1.45. The van der Waals surface area contributed by atoms with Crippen molar-refractivity contribution in [1.29, 1.82) is 0 Å². The van der Waals surface area contributed by atoms with E-state index in [1.54, 1.807) is 5.41 Å². The number of fused-ring (bicyclic) bond motifs is 1. The van der Waals surface area contributed by atoms with Crippen molar-refractivity contribution in [2.24, 2.45) is 0 Å². The van der Waals surface area contributed by atoms with Crippen molar-refractivity contribution in [3.8, 4) is 5.75 Å². The first-order valence-electron chi connectivity index (χ1n) is 3.20. The smallest absolute Gasteiger partial charge is 0.148 e. The van der Waals surface area contributed by atoms with Crippen LogP contribution in [0.3, 0.4) is 0 Å². The van der Waals surface area contributed by atoms with Crippen molar-refractivity contribution in [1.82, 2.24) is 0 Å². The second-order valence-corrected chi connectivity index (χ2v) is 2.77. The zero-order chi connectivity index (χ0) is 7.68. The number of hydrogen-bond donors (Lipinski definition) is 1. The lowest BCUT2D eigenvalue weighted by Gasteiger charge is -2.11. The molecule has 0 spiro atoms. The van der Waals surface area contributed by atoms with E-state index in [9.17, 15) is 5.11 Å². The Bertz CT molecular complexity index is 307. The number of benzene rings is 1. The summed E-state index contributed by atoms with van der Waals surface area (Å²) in [6.45, 7) is 0. The van der Waals surface area contributed by atoms with E-state index < -0.39 is 0 Å². The van der Waals surface area contributed by atoms with Gasteiger partial charge >= 0.3 is 0 Å². The van der Waals surface area contributed by atoms with Crippen molar-refractivity contribution < 1.29 is 9.29 Å². The van der Waals surface area contributed by atoms with Gasteiger partial charge in [0.1, 0.15) is 11.5 Å². The van der Waals surface area contributed by atoms with E-state index in [4.69, 9.17) is 4.18 Å². The second-order valence-electron chi connectivity index (χ2n) is 2.18. The Labute approximate surface area is 68.7 Å². The molecule has 1 N–H and O–H groups in total. The number of hydrogen-bond acceptors (Lipinski definition) is 3. The lowest BCUT2D eigenvalue weighted by molar-refractivity contribution is 0.504. The Morgan fingerprint density at radius 2 is 2.09 bits per heavy atom. The molecular weight excluding hydrogens is 160 g/mol. The summed E-state index contributed by atoms with van der Waals surface area (Å²) < 4.78 is 5.17. The van der Waals surface area contributed by atoms with E-state index in [1.165, 1.54) is 0 Å². The largest absolute Gasteiger partial charge is 0.507 e. The predicted molar refractivity (Wildman–Crippen MR) is 45.3 cm³/mol. The first kappa shape index (κ1) is 6.61. The van der Waals surface area contributed by atoms with Crippen molar-refractivity contribution in [3.63, 3.8) is 0 Å². The van der Waals surface area contributed by atoms with Crippen LogP contribution in [0.15, 0.2) is 29.7 Å². The quantitative estimate of drug-likeness (QED) is 0.601. The van der Waals surface area contributed by atoms with Gasteiger partial charge in [-0.2, -0.15) is 0 Å². The Morgan fingerprint density at radius 1 is 1.27 bits per heavy atom. The van der Waals surface area contributed by atoms with Gasteiger partial charge < -0.3 is 9.29 Å². The Kier molecular flexibility index (Phi) is 1.51. The maximum absolute atomic E-state index is 9.32. The van der Waals surface area contributed by atoms with E-state index in [0.29, 0.717) is 0 Å². The molecule has 3 heteroatoms.